The Bertz CT molecular complexity index is 401. The van der Waals surface area contributed by atoms with Gasteiger partial charge in [-0.05, 0) is 12.8 Å². The quantitative estimate of drug-likeness (QED) is 0.840. The number of hydrogen-bond donors (Lipinski definition) is 1. The van der Waals surface area contributed by atoms with Crippen molar-refractivity contribution in [1.82, 2.24) is 14.5 Å². The molecule has 1 aromatic heterocycles. The molecule has 1 atom stereocenters. The third-order valence-corrected chi connectivity index (χ3v) is 3.41. The van der Waals surface area contributed by atoms with E-state index in [4.69, 9.17) is 5.73 Å². The van der Waals surface area contributed by atoms with E-state index in [1.165, 1.54) is 0 Å². The van der Waals surface area contributed by atoms with E-state index in [9.17, 15) is 4.79 Å². The molecule has 1 fully saturated rings. The fourth-order valence-electron chi connectivity index (χ4n) is 2.40. The molecule has 5 nitrogen and oxygen atoms in total. The molecule has 1 amide bonds. The van der Waals surface area contributed by atoms with Crippen LogP contribution >= 0.6 is 0 Å². The number of carbonyl (C=O) groups is 1. The lowest BCUT2D eigenvalue weighted by molar-refractivity contribution is -0.130. The van der Waals surface area contributed by atoms with Gasteiger partial charge >= 0.3 is 0 Å². The Morgan fingerprint density at radius 3 is 3.11 bits per heavy atom. The van der Waals surface area contributed by atoms with Crippen molar-refractivity contribution >= 4 is 5.91 Å². The second-order valence-corrected chi connectivity index (χ2v) is 4.93. The van der Waals surface area contributed by atoms with E-state index in [0.717, 1.165) is 38.2 Å². The number of hydrogen-bond acceptors (Lipinski definition) is 3. The maximum Gasteiger partial charge on any atom is 0.223 e. The summed E-state index contributed by atoms with van der Waals surface area (Å²) in [7, 11) is 0. The number of nitrogens with two attached hydrogens (primary N) is 1. The highest BCUT2D eigenvalue weighted by Crippen LogP contribution is 2.10. The Morgan fingerprint density at radius 1 is 1.61 bits per heavy atom. The van der Waals surface area contributed by atoms with Gasteiger partial charge in [0.05, 0.1) is 0 Å². The first-order valence-corrected chi connectivity index (χ1v) is 6.74. The molecule has 1 aliphatic heterocycles. The number of aromatic nitrogens is 2. The number of nitrogens with zero attached hydrogens (tertiary/aromatic N) is 3. The van der Waals surface area contributed by atoms with E-state index >= 15 is 0 Å². The molecule has 2 N–H and O–H groups in total. The van der Waals surface area contributed by atoms with Gasteiger partial charge in [-0.15, -0.1) is 0 Å². The Morgan fingerprint density at radius 2 is 2.44 bits per heavy atom. The molecule has 1 aromatic rings. The number of rotatable bonds is 5. The lowest BCUT2D eigenvalue weighted by Crippen LogP contribution is -2.32. The third kappa shape index (κ3) is 3.10. The van der Waals surface area contributed by atoms with Gasteiger partial charge in [0.2, 0.25) is 5.91 Å². The van der Waals surface area contributed by atoms with Crippen molar-refractivity contribution in [2.75, 3.05) is 13.1 Å². The molecule has 18 heavy (non-hydrogen) atoms. The first-order valence-electron chi connectivity index (χ1n) is 6.74. The first kappa shape index (κ1) is 13.1. The maximum absolute atomic E-state index is 12.0. The molecular weight excluding hydrogens is 228 g/mol. The average Bonchev–Trinajstić information content (AvgIpc) is 2.96. The Balaban J connectivity index is 1.83. The highest BCUT2D eigenvalue weighted by atomic mass is 16.2. The van der Waals surface area contributed by atoms with Crippen LogP contribution in [0.1, 0.15) is 32.0 Å². The minimum absolute atomic E-state index is 0.163. The van der Waals surface area contributed by atoms with Gasteiger partial charge in [0.15, 0.2) is 0 Å². The lowest BCUT2D eigenvalue weighted by Gasteiger charge is -2.15. The van der Waals surface area contributed by atoms with Crippen molar-refractivity contribution in [1.29, 1.82) is 0 Å². The molecule has 1 saturated heterocycles. The largest absolute Gasteiger partial charge is 0.341 e. The minimum Gasteiger partial charge on any atom is -0.341 e. The van der Waals surface area contributed by atoms with Crippen LogP contribution in [0.15, 0.2) is 12.4 Å². The van der Waals surface area contributed by atoms with E-state index in [1.54, 1.807) is 6.20 Å². The van der Waals surface area contributed by atoms with Gasteiger partial charge in [-0.2, -0.15) is 0 Å². The summed E-state index contributed by atoms with van der Waals surface area (Å²) in [6, 6.07) is 0.163. The number of likely N-dealkylation sites (tertiary alicyclic amines) is 1. The van der Waals surface area contributed by atoms with Crippen molar-refractivity contribution in [3.63, 3.8) is 0 Å². The number of amides is 1. The van der Waals surface area contributed by atoms with Crippen molar-refractivity contribution < 1.29 is 4.79 Å². The zero-order valence-corrected chi connectivity index (χ0v) is 11.0. The second-order valence-electron chi connectivity index (χ2n) is 4.93. The summed E-state index contributed by atoms with van der Waals surface area (Å²) in [5, 5.41) is 0. The molecular formula is C13H22N4O. The van der Waals surface area contributed by atoms with Crippen LogP contribution in [-0.2, 0) is 17.8 Å². The van der Waals surface area contributed by atoms with E-state index in [0.29, 0.717) is 13.0 Å². The summed E-state index contributed by atoms with van der Waals surface area (Å²) in [6.45, 7) is 4.63. The molecule has 0 radical (unpaired) electrons. The molecule has 0 bridgehead atoms. The summed E-state index contributed by atoms with van der Waals surface area (Å²) in [6.07, 6.45) is 7.05. The van der Waals surface area contributed by atoms with E-state index in [1.807, 2.05) is 11.1 Å². The Labute approximate surface area is 108 Å². The van der Waals surface area contributed by atoms with Gasteiger partial charge in [0.1, 0.15) is 5.82 Å². The minimum atomic E-state index is 0.163. The molecule has 0 aliphatic carbocycles. The zero-order valence-electron chi connectivity index (χ0n) is 11.0. The Hall–Kier alpha value is -1.36. The summed E-state index contributed by atoms with van der Waals surface area (Å²) >= 11 is 0. The highest BCUT2D eigenvalue weighted by molar-refractivity contribution is 5.76. The molecule has 5 heteroatoms. The van der Waals surface area contributed by atoms with Crippen molar-refractivity contribution in [2.45, 2.75) is 45.2 Å². The van der Waals surface area contributed by atoms with Crippen LogP contribution in [0.4, 0.5) is 0 Å². The molecule has 1 aliphatic rings. The van der Waals surface area contributed by atoms with Crippen molar-refractivity contribution in [3.8, 4) is 0 Å². The molecule has 0 saturated carbocycles. The fraction of sp³-hybridized carbons (Fsp3) is 0.692. The van der Waals surface area contributed by atoms with Crippen molar-refractivity contribution in [3.05, 3.63) is 18.2 Å². The van der Waals surface area contributed by atoms with Gasteiger partial charge in [-0.1, -0.05) is 6.92 Å². The zero-order chi connectivity index (χ0) is 13.0. The van der Waals surface area contributed by atoms with E-state index in [2.05, 4.69) is 16.5 Å². The summed E-state index contributed by atoms with van der Waals surface area (Å²) in [4.78, 5) is 18.2. The second kappa shape index (κ2) is 6.00. The molecule has 2 heterocycles. The van der Waals surface area contributed by atoms with E-state index in [-0.39, 0.29) is 11.9 Å². The molecule has 2 rings (SSSR count). The summed E-state index contributed by atoms with van der Waals surface area (Å²) in [5.41, 5.74) is 5.81. The topological polar surface area (TPSA) is 64.2 Å². The van der Waals surface area contributed by atoms with Crippen LogP contribution in [0.25, 0.3) is 0 Å². The van der Waals surface area contributed by atoms with Crippen LogP contribution in [0.2, 0.25) is 0 Å². The molecule has 100 valence electrons. The normalized spacial score (nSPS) is 19.4. The SMILES string of the molecule is CCCn1ccnc1CCC(=O)N1CCC(N)C1. The van der Waals surface area contributed by atoms with E-state index < -0.39 is 0 Å². The van der Waals surface area contributed by atoms with Crippen LogP contribution in [0, 0.1) is 0 Å². The third-order valence-electron chi connectivity index (χ3n) is 3.41. The monoisotopic (exact) mass is 250 g/mol. The van der Waals surface area contributed by atoms with Crippen LogP contribution in [-0.4, -0.2) is 39.5 Å². The smallest absolute Gasteiger partial charge is 0.223 e. The summed E-state index contributed by atoms with van der Waals surface area (Å²) < 4.78 is 2.13. The standard InChI is InChI=1S/C13H22N4O/c1-2-7-16-9-6-15-12(16)3-4-13(18)17-8-5-11(14)10-17/h6,9,11H,2-5,7-8,10,14H2,1H3. The number of carbonyl (C=O) groups excluding carboxylic acids is 1. The van der Waals surface area contributed by atoms with Crippen LogP contribution < -0.4 is 5.73 Å². The van der Waals surface area contributed by atoms with Gasteiger partial charge in [0, 0.05) is 50.9 Å². The van der Waals surface area contributed by atoms with Crippen LogP contribution in [0.5, 0.6) is 0 Å². The Kier molecular flexibility index (Phi) is 4.36. The van der Waals surface area contributed by atoms with Crippen LogP contribution in [0.3, 0.4) is 0 Å². The number of aryl methyl sites for hydroxylation is 2. The highest BCUT2D eigenvalue weighted by Gasteiger charge is 2.23. The number of imidazole rings is 1. The maximum atomic E-state index is 12.0. The predicted molar refractivity (Wildman–Crippen MR) is 70.0 cm³/mol. The predicted octanol–water partition coefficient (Wildman–Crippen LogP) is 0.785. The van der Waals surface area contributed by atoms with Crippen molar-refractivity contribution in [2.24, 2.45) is 5.73 Å². The molecule has 1 unspecified atom stereocenters. The van der Waals surface area contributed by atoms with Gasteiger partial charge in [-0.25, -0.2) is 4.98 Å². The van der Waals surface area contributed by atoms with Gasteiger partial charge < -0.3 is 15.2 Å². The lowest BCUT2D eigenvalue weighted by atomic mass is 10.2. The summed E-state index contributed by atoms with van der Waals surface area (Å²) in [5.74, 6) is 1.21. The first-order chi connectivity index (χ1) is 8.70. The molecule has 0 aromatic carbocycles. The van der Waals surface area contributed by atoms with Gasteiger partial charge in [0.25, 0.3) is 0 Å². The molecule has 0 spiro atoms. The fourth-order valence-corrected chi connectivity index (χ4v) is 2.40. The average molecular weight is 250 g/mol. The van der Waals surface area contributed by atoms with Gasteiger partial charge in [-0.3, -0.25) is 4.79 Å².